The summed E-state index contributed by atoms with van der Waals surface area (Å²) in [5, 5.41) is 9.51. The number of aliphatic hydroxyl groups excluding tert-OH is 1. The molecule has 2 unspecified atom stereocenters. The maximum Gasteiger partial charge on any atom is 0.223 e. The first-order valence-corrected chi connectivity index (χ1v) is 7.10. The van der Waals surface area contributed by atoms with Gasteiger partial charge in [-0.2, -0.15) is 0 Å². The Morgan fingerprint density at radius 3 is 2.35 bits per heavy atom. The zero-order valence-corrected chi connectivity index (χ0v) is 12.6. The quantitative estimate of drug-likeness (QED) is 0.777. The molecule has 0 saturated heterocycles. The fraction of sp³-hybridized carbons (Fsp3) is 0.471. The van der Waals surface area contributed by atoms with Crippen molar-refractivity contribution in [2.45, 2.75) is 45.3 Å². The molecule has 3 heteroatoms. The first kappa shape index (κ1) is 16.4. The zero-order valence-electron chi connectivity index (χ0n) is 12.6. The van der Waals surface area contributed by atoms with Crippen molar-refractivity contribution in [3.63, 3.8) is 0 Å². The minimum atomic E-state index is -0.514. The molecule has 0 aliphatic rings. The zero-order chi connectivity index (χ0) is 15.1. The van der Waals surface area contributed by atoms with Crippen LogP contribution in [-0.2, 0) is 4.79 Å². The largest absolute Gasteiger partial charge is 0.392 e. The van der Waals surface area contributed by atoms with Crippen molar-refractivity contribution >= 4 is 5.91 Å². The van der Waals surface area contributed by atoms with Crippen molar-refractivity contribution in [2.75, 3.05) is 6.54 Å². The molecule has 20 heavy (non-hydrogen) atoms. The first-order valence-electron chi connectivity index (χ1n) is 7.10. The Balaban J connectivity index is 2.78. The number of rotatable bonds is 7. The summed E-state index contributed by atoms with van der Waals surface area (Å²) in [5.74, 6) is 0.0635. The van der Waals surface area contributed by atoms with Gasteiger partial charge in [-0.1, -0.05) is 36.4 Å². The van der Waals surface area contributed by atoms with Crippen molar-refractivity contribution in [1.82, 2.24) is 4.90 Å². The lowest BCUT2D eigenvalue weighted by atomic mass is 9.95. The van der Waals surface area contributed by atoms with Gasteiger partial charge in [-0.15, -0.1) is 6.58 Å². The third-order valence-electron chi connectivity index (χ3n) is 3.31. The van der Waals surface area contributed by atoms with Crippen LogP contribution in [0.2, 0.25) is 0 Å². The highest BCUT2D eigenvalue weighted by Crippen LogP contribution is 2.22. The molecule has 0 radical (unpaired) electrons. The van der Waals surface area contributed by atoms with Gasteiger partial charge in [0.1, 0.15) is 0 Å². The van der Waals surface area contributed by atoms with E-state index < -0.39 is 6.10 Å². The number of aliphatic hydroxyl groups is 1. The van der Waals surface area contributed by atoms with Crippen LogP contribution in [0.15, 0.2) is 43.0 Å². The standard InChI is InChI=1S/C17H25NO2/c1-5-15(16-9-7-6-8-10-16)11-17(20)18(13(2)3)12-14(4)19/h5-10,13-15,19H,1,11-12H2,2-4H3. The normalized spacial score (nSPS) is 13.8. The summed E-state index contributed by atoms with van der Waals surface area (Å²) < 4.78 is 0. The summed E-state index contributed by atoms with van der Waals surface area (Å²) in [5.41, 5.74) is 1.09. The molecule has 1 amide bonds. The fourth-order valence-electron chi connectivity index (χ4n) is 2.23. The van der Waals surface area contributed by atoms with Gasteiger partial charge < -0.3 is 10.0 Å². The van der Waals surface area contributed by atoms with Crippen LogP contribution in [0, 0.1) is 0 Å². The molecule has 1 N–H and O–H groups in total. The lowest BCUT2D eigenvalue weighted by Gasteiger charge is -2.29. The number of carbonyl (C=O) groups is 1. The van der Waals surface area contributed by atoms with Crippen LogP contribution >= 0.6 is 0 Å². The van der Waals surface area contributed by atoms with Gasteiger partial charge in [0.15, 0.2) is 0 Å². The highest BCUT2D eigenvalue weighted by molar-refractivity contribution is 5.77. The van der Waals surface area contributed by atoms with Gasteiger partial charge in [0, 0.05) is 24.9 Å². The Bertz CT molecular complexity index is 426. The molecular formula is C17H25NO2. The smallest absolute Gasteiger partial charge is 0.223 e. The highest BCUT2D eigenvalue weighted by Gasteiger charge is 2.21. The van der Waals surface area contributed by atoms with Gasteiger partial charge in [0.05, 0.1) is 6.10 Å². The molecule has 110 valence electrons. The van der Waals surface area contributed by atoms with E-state index in [-0.39, 0.29) is 17.9 Å². The summed E-state index contributed by atoms with van der Waals surface area (Å²) in [7, 11) is 0. The first-order chi connectivity index (χ1) is 9.45. The number of amides is 1. The molecule has 1 aromatic rings. The van der Waals surface area contributed by atoms with E-state index in [1.54, 1.807) is 11.8 Å². The molecule has 0 saturated carbocycles. The molecule has 0 heterocycles. The number of hydrogen-bond acceptors (Lipinski definition) is 2. The van der Waals surface area contributed by atoms with Gasteiger partial charge in [0.2, 0.25) is 5.91 Å². The van der Waals surface area contributed by atoms with Crippen molar-refractivity contribution in [1.29, 1.82) is 0 Å². The lowest BCUT2D eigenvalue weighted by Crippen LogP contribution is -2.41. The number of benzene rings is 1. The summed E-state index contributed by atoms with van der Waals surface area (Å²) in [6, 6.07) is 9.98. The molecular weight excluding hydrogens is 250 g/mol. The van der Waals surface area contributed by atoms with Gasteiger partial charge in [-0.3, -0.25) is 4.79 Å². The van der Waals surface area contributed by atoms with E-state index in [0.717, 1.165) is 5.56 Å². The van der Waals surface area contributed by atoms with Crippen molar-refractivity contribution in [3.05, 3.63) is 48.6 Å². The van der Waals surface area contributed by atoms with Gasteiger partial charge in [0.25, 0.3) is 0 Å². The van der Waals surface area contributed by atoms with E-state index in [1.807, 2.05) is 50.3 Å². The van der Waals surface area contributed by atoms with Crippen LogP contribution in [0.4, 0.5) is 0 Å². The van der Waals surface area contributed by atoms with Crippen molar-refractivity contribution in [3.8, 4) is 0 Å². The summed E-state index contributed by atoms with van der Waals surface area (Å²) >= 11 is 0. The molecule has 3 nitrogen and oxygen atoms in total. The van der Waals surface area contributed by atoms with E-state index in [9.17, 15) is 9.90 Å². The van der Waals surface area contributed by atoms with Crippen molar-refractivity contribution in [2.24, 2.45) is 0 Å². The third kappa shape index (κ3) is 4.82. The second-order valence-corrected chi connectivity index (χ2v) is 5.45. The lowest BCUT2D eigenvalue weighted by molar-refractivity contribution is -0.134. The Kier molecular flexibility index (Phi) is 6.46. The second kappa shape index (κ2) is 7.85. The third-order valence-corrected chi connectivity index (χ3v) is 3.31. The second-order valence-electron chi connectivity index (χ2n) is 5.45. The summed E-state index contributed by atoms with van der Waals surface area (Å²) in [6.07, 6.45) is 1.69. The van der Waals surface area contributed by atoms with Crippen LogP contribution in [0.1, 0.15) is 38.7 Å². The number of hydrogen-bond donors (Lipinski definition) is 1. The van der Waals surface area contributed by atoms with Crippen molar-refractivity contribution < 1.29 is 9.90 Å². The van der Waals surface area contributed by atoms with Crippen LogP contribution < -0.4 is 0 Å². The molecule has 0 aliphatic carbocycles. The summed E-state index contributed by atoms with van der Waals surface area (Å²) in [6.45, 7) is 9.83. The molecule has 0 fully saturated rings. The molecule has 1 rings (SSSR count). The molecule has 1 aromatic carbocycles. The Morgan fingerprint density at radius 1 is 1.30 bits per heavy atom. The Morgan fingerprint density at radius 2 is 1.90 bits per heavy atom. The SMILES string of the molecule is C=CC(CC(=O)N(CC(C)O)C(C)C)c1ccccc1. The van der Waals surface area contributed by atoms with Crippen LogP contribution in [0.5, 0.6) is 0 Å². The van der Waals surface area contributed by atoms with E-state index >= 15 is 0 Å². The Labute approximate surface area is 121 Å². The number of nitrogens with zero attached hydrogens (tertiary/aromatic N) is 1. The molecule has 2 atom stereocenters. The molecule has 0 bridgehead atoms. The number of allylic oxidation sites excluding steroid dienone is 1. The summed E-state index contributed by atoms with van der Waals surface area (Å²) in [4.78, 5) is 14.2. The van der Waals surface area contributed by atoms with E-state index in [2.05, 4.69) is 6.58 Å². The van der Waals surface area contributed by atoms with Crippen LogP contribution in [0.3, 0.4) is 0 Å². The van der Waals surface area contributed by atoms with Gasteiger partial charge >= 0.3 is 0 Å². The minimum Gasteiger partial charge on any atom is -0.392 e. The molecule has 0 aromatic heterocycles. The maximum atomic E-state index is 12.4. The minimum absolute atomic E-state index is 0.0129. The average molecular weight is 275 g/mol. The highest BCUT2D eigenvalue weighted by atomic mass is 16.3. The van der Waals surface area contributed by atoms with E-state index in [1.165, 1.54) is 0 Å². The molecule has 0 aliphatic heterocycles. The average Bonchev–Trinajstić information content (AvgIpc) is 2.42. The Hall–Kier alpha value is -1.61. The topological polar surface area (TPSA) is 40.5 Å². The van der Waals surface area contributed by atoms with Crippen LogP contribution in [0.25, 0.3) is 0 Å². The maximum absolute atomic E-state index is 12.4. The monoisotopic (exact) mass is 275 g/mol. The predicted octanol–water partition coefficient (Wildman–Crippen LogP) is 2.96. The van der Waals surface area contributed by atoms with E-state index in [0.29, 0.717) is 13.0 Å². The van der Waals surface area contributed by atoms with Gasteiger partial charge in [-0.05, 0) is 26.3 Å². The molecule has 0 spiro atoms. The predicted molar refractivity (Wildman–Crippen MR) is 82.5 cm³/mol. The van der Waals surface area contributed by atoms with Gasteiger partial charge in [-0.25, -0.2) is 0 Å². The van der Waals surface area contributed by atoms with E-state index in [4.69, 9.17) is 0 Å². The van der Waals surface area contributed by atoms with Crippen LogP contribution in [-0.4, -0.2) is 34.6 Å². The number of carbonyl (C=O) groups excluding carboxylic acids is 1. The fourth-order valence-corrected chi connectivity index (χ4v) is 2.23.